The van der Waals surface area contributed by atoms with Gasteiger partial charge >= 0.3 is 5.97 Å². The second kappa shape index (κ2) is 8.22. The second-order valence-electron chi connectivity index (χ2n) is 8.34. The Labute approximate surface area is 181 Å². The fourth-order valence-electron chi connectivity index (χ4n) is 4.30. The molecule has 30 heavy (non-hydrogen) atoms. The maximum absolute atomic E-state index is 12.4. The Morgan fingerprint density at radius 2 is 1.77 bits per heavy atom. The average Bonchev–Trinajstić information content (AvgIpc) is 2.99. The molecule has 1 aromatic carbocycles. The van der Waals surface area contributed by atoms with Crippen LogP contribution in [0.5, 0.6) is 0 Å². The number of carbonyl (C=O) groups is 1. The number of thiophene rings is 1. The molecule has 6 nitrogen and oxygen atoms in total. The van der Waals surface area contributed by atoms with Crippen LogP contribution in [-0.2, 0) is 4.74 Å². The number of methoxy groups -OCH3 is 1. The number of rotatable bonds is 4. The van der Waals surface area contributed by atoms with Crippen LogP contribution in [-0.4, -0.2) is 36.1 Å². The van der Waals surface area contributed by atoms with Gasteiger partial charge in [-0.05, 0) is 49.8 Å². The largest absolute Gasteiger partial charge is 0.465 e. The number of nitrogens with one attached hydrogen (secondary N) is 1. The lowest BCUT2D eigenvalue weighted by molar-refractivity contribution is 0.0601. The van der Waals surface area contributed by atoms with Gasteiger partial charge in [-0.25, -0.2) is 14.8 Å². The number of ether oxygens (including phenoxy) is 1. The van der Waals surface area contributed by atoms with Crippen LogP contribution in [0, 0.1) is 25.7 Å². The summed E-state index contributed by atoms with van der Waals surface area (Å²) in [6.07, 6.45) is 1.22. The summed E-state index contributed by atoms with van der Waals surface area (Å²) in [4.78, 5) is 25.7. The topological polar surface area (TPSA) is 67.3 Å². The first-order valence-electron chi connectivity index (χ1n) is 10.3. The van der Waals surface area contributed by atoms with Crippen molar-refractivity contribution in [3.63, 3.8) is 0 Å². The third-order valence-corrected chi connectivity index (χ3v) is 6.85. The van der Waals surface area contributed by atoms with Crippen LogP contribution in [0.25, 0.3) is 11.0 Å². The lowest BCUT2D eigenvalue weighted by atomic mass is 9.92. The minimum atomic E-state index is -0.338. The Balaban J connectivity index is 1.82. The number of carbonyl (C=O) groups excluding carboxylic acids is 1. The average molecular weight is 425 g/mol. The van der Waals surface area contributed by atoms with Crippen LogP contribution in [0.1, 0.15) is 41.1 Å². The molecule has 158 valence electrons. The van der Waals surface area contributed by atoms with E-state index in [1.807, 2.05) is 38.1 Å². The predicted molar refractivity (Wildman–Crippen MR) is 123 cm³/mol. The molecule has 0 spiro atoms. The third-order valence-electron chi connectivity index (χ3n) is 5.73. The molecule has 0 bridgehead atoms. The van der Waals surface area contributed by atoms with E-state index in [0.717, 1.165) is 45.4 Å². The van der Waals surface area contributed by atoms with Crippen molar-refractivity contribution < 1.29 is 9.53 Å². The number of fused-ring (bicyclic) bond motifs is 1. The molecular formula is C23H28N4O2S. The number of nitrogens with zero attached hydrogens (tertiary/aromatic N) is 3. The number of esters is 1. The number of aryl methyl sites for hydroxylation is 1. The Morgan fingerprint density at radius 1 is 1.13 bits per heavy atom. The first-order chi connectivity index (χ1) is 14.4. The maximum atomic E-state index is 12.4. The molecule has 1 aliphatic rings. The van der Waals surface area contributed by atoms with E-state index in [0.29, 0.717) is 23.2 Å². The summed E-state index contributed by atoms with van der Waals surface area (Å²) in [5, 5.41) is 4.19. The van der Waals surface area contributed by atoms with E-state index in [9.17, 15) is 4.79 Å². The van der Waals surface area contributed by atoms with Crippen LogP contribution in [0.2, 0.25) is 0 Å². The molecule has 1 fully saturated rings. The highest BCUT2D eigenvalue weighted by atomic mass is 32.1. The van der Waals surface area contributed by atoms with Crippen molar-refractivity contribution in [1.82, 2.24) is 9.97 Å². The van der Waals surface area contributed by atoms with E-state index in [2.05, 4.69) is 24.1 Å². The van der Waals surface area contributed by atoms with E-state index in [4.69, 9.17) is 14.7 Å². The molecule has 3 heterocycles. The van der Waals surface area contributed by atoms with Gasteiger partial charge in [-0.2, -0.15) is 0 Å². The van der Waals surface area contributed by atoms with Crippen molar-refractivity contribution in [1.29, 1.82) is 0 Å². The van der Waals surface area contributed by atoms with Gasteiger partial charge < -0.3 is 15.0 Å². The molecule has 1 N–H and O–H groups in total. The third kappa shape index (κ3) is 3.86. The van der Waals surface area contributed by atoms with E-state index in [-0.39, 0.29) is 5.97 Å². The van der Waals surface area contributed by atoms with E-state index < -0.39 is 0 Å². The fraction of sp³-hybridized carbons (Fsp3) is 0.435. The Hall–Kier alpha value is -2.67. The number of hydrogen-bond acceptors (Lipinski definition) is 7. The van der Waals surface area contributed by atoms with Gasteiger partial charge in [0.1, 0.15) is 5.00 Å². The molecule has 1 saturated heterocycles. The van der Waals surface area contributed by atoms with Crippen molar-refractivity contribution in [2.45, 2.75) is 34.1 Å². The molecule has 0 radical (unpaired) electrons. The lowest BCUT2D eigenvalue weighted by Crippen LogP contribution is -2.39. The maximum Gasteiger partial charge on any atom is 0.341 e. The number of piperidine rings is 1. The Kier molecular flexibility index (Phi) is 5.64. The molecule has 0 unspecified atom stereocenters. The van der Waals surface area contributed by atoms with Gasteiger partial charge in [0, 0.05) is 18.0 Å². The summed E-state index contributed by atoms with van der Waals surface area (Å²) in [5.74, 6) is 2.36. The Morgan fingerprint density at radius 3 is 2.40 bits per heavy atom. The summed E-state index contributed by atoms with van der Waals surface area (Å²) in [6, 6.07) is 7.90. The monoisotopic (exact) mass is 424 g/mol. The number of para-hydroxylation sites is 2. The summed E-state index contributed by atoms with van der Waals surface area (Å²) in [6.45, 7) is 10.4. The van der Waals surface area contributed by atoms with Crippen molar-refractivity contribution in [2.75, 3.05) is 30.4 Å². The predicted octanol–water partition coefficient (Wildman–Crippen LogP) is 5.32. The van der Waals surface area contributed by atoms with Crippen LogP contribution in [0.15, 0.2) is 24.3 Å². The van der Waals surface area contributed by atoms with Gasteiger partial charge in [0.2, 0.25) is 0 Å². The van der Waals surface area contributed by atoms with E-state index in [1.54, 1.807) is 11.3 Å². The molecule has 0 aliphatic carbocycles. The van der Waals surface area contributed by atoms with Crippen LogP contribution in [0.3, 0.4) is 0 Å². The van der Waals surface area contributed by atoms with E-state index >= 15 is 0 Å². The SMILES string of the molecule is COC(=O)c1c(Nc2nc3ccccc3nc2N2C[C@@H](C)C[C@H](C)C2)sc(C)c1C. The van der Waals surface area contributed by atoms with Gasteiger partial charge in [-0.3, -0.25) is 0 Å². The van der Waals surface area contributed by atoms with Gasteiger partial charge in [0.15, 0.2) is 11.6 Å². The van der Waals surface area contributed by atoms with Crippen molar-refractivity contribution in [3.05, 3.63) is 40.3 Å². The molecule has 0 saturated carbocycles. The number of benzene rings is 1. The van der Waals surface area contributed by atoms with Crippen LogP contribution >= 0.6 is 11.3 Å². The lowest BCUT2D eigenvalue weighted by Gasteiger charge is -2.36. The highest BCUT2D eigenvalue weighted by Gasteiger charge is 2.27. The molecule has 4 rings (SSSR count). The Bertz CT molecular complexity index is 1080. The minimum absolute atomic E-state index is 0.338. The first kappa shape index (κ1) is 20.6. The van der Waals surface area contributed by atoms with Crippen molar-refractivity contribution >= 4 is 45.0 Å². The normalized spacial score (nSPS) is 19.2. The zero-order valence-corrected chi connectivity index (χ0v) is 19.0. The minimum Gasteiger partial charge on any atom is -0.465 e. The molecule has 3 aromatic rings. The van der Waals surface area contributed by atoms with Gasteiger partial charge in [0.25, 0.3) is 0 Å². The van der Waals surface area contributed by atoms with Crippen LogP contribution in [0.4, 0.5) is 16.6 Å². The summed E-state index contributed by atoms with van der Waals surface area (Å²) in [7, 11) is 1.41. The zero-order chi connectivity index (χ0) is 21.4. The fourth-order valence-corrected chi connectivity index (χ4v) is 5.35. The van der Waals surface area contributed by atoms with Crippen molar-refractivity contribution in [3.8, 4) is 0 Å². The molecule has 0 amide bonds. The smallest absolute Gasteiger partial charge is 0.341 e. The standard InChI is InChI=1S/C23H28N4O2S/c1-13-10-14(2)12-27(11-13)21-20(24-17-8-6-7-9-18(17)25-21)26-22-19(23(28)29-5)15(3)16(4)30-22/h6-9,13-14H,10-12H2,1-5H3,(H,24,26)/t13-,14-/m0/s1. The molecule has 7 heteroatoms. The molecular weight excluding hydrogens is 396 g/mol. The van der Waals surface area contributed by atoms with Crippen molar-refractivity contribution in [2.24, 2.45) is 11.8 Å². The molecule has 1 aliphatic heterocycles. The molecule has 2 aromatic heterocycles. The highest BCUT2D eigenvalue weighted by molar-refractivity contribution is 7.16. The quantitative estimate of drug-likeness (QED) is 0.572. The number of hydrogen-bond donors (Lipinski definition) is 1. The first-order valence-corrected chi connectivity index (χ1v) is 11.2. The van der Waals surface area contributed by atoms with Gasteiger partial charge in [-0.15, -0.1) is 11.3 Å². The second-order valence-corrected chi connectivity index (χ2v) is 9.56. The zero-order valence-electron chi connectivity index (χ0n) is 18.2. The summed E-state index contributed by atoms with van der Waals surface area (Å²) >= 11 is 1.54. The highest BCUT2D eigenvalue weighted by Crippen LogP contribution is 2.38. The molecule has 2 atom stereocenters. The number of aromatic nitrogens is 2. The van der Waals surface area contributed by atoms with E-state index in [1.165, 1.54) is 13.5 Å². The van der Waals surface area contributed by atoms with Crippen LogP contribution < -0.4 is 10.2 Å². The van der Waals surface area contributed by atoms with Gasteiger partial charge in [-0.1, -0.05) is 26.0 Å². The summed E-state index contributed by atoms with van der Waals surface area (Å²) in [5.41, 5.74) is 3.20. The summed E-state index contributed by atoms with van der Waals surface area (Å²) < 4.78 is 5.04. The number of anilines is 3. The van der Waals surface area contributed by atoms with Gasteiger partial charge in [0.05, 0.1) is 23.7 Å².